The predicted molar refractivity (Wildman–Crippen MR) is 62.9 cm³/mol. The molecular weight excluding hydrogens is 214 g/mol. The molecule has 0 aliphatic carbocycles. The third-order valence-corrected chi connectivity index (χ3v) is 2.50. The highest BCUT2D eigenvalue weighted by Gasteiger charge is 2.04. The molecule has 0 saturated heterocycles. The molecule has 0 radical (unpaired) electrons. The van der Waals surface area contributed by atoms with E-state index >= 15 is 0 Å². The van der Waals surface area contributed by atoms with E-state index in [1.165, 1.54) is 6.39 Å². The summed E-state index contributed by atoms with van der Waals surface area (Å²) >= 11 is 0. The van der Waals surface area contributed by atoms with E-state index in [0.29, 0.717) is 6.42 Å². The maximum atomic E-state index is 5.19. The number of hydrogen-bond donors (Lipinski definition) is 0. The molecule has 3 rings (SSSR count). The van der Waals surface area contributed by atoms with Crippen molar-refractivity contribution in [2.75, 3.05) is 0 Å². The molecule has 0 unspecified atom stereocenters. The summed E-state index contributed by atoms with van der Waals surface area (Å²) in [5.41, 5.74) is 2.02. The van der Waals surface area contributed by atoms with Crippen molar-refractivity contribution in [3.8, 4) is 5.69 Å². The molecule has 0 aliphatic heterocycles. The van der Waals surface area contributed by atoms with Gasteiger partial charge in [0.2, 0.25) is 0 Å². The van der Waals surface area contributed by atoms with Gasteiger partial charge < -0.3 is 4.42 Å². The van der Waals surface area contributed by atoms with E-state index in [9.17, 15) is 0 Å². The maximum Gasteiger partial charge on any atom is 0.180 e. The topological polar surface area (TPSA) is 43.9 Å². The van der Waals surface area contributed by atoms with Crippen molar-refractivity contribution in [2.24, 2.45) is 0 Å². The highest BCUT2D eigenvalue weighted by molar-refractivity contribution is 5.30. The van der Waals surface area contributed by atoms with Gasteiger partial charge in [0.05, 0.1) is 24.0 Å². The Hall–Kier alpha value is -2.36. The average molecular weight is 225 g/mol. The van der Waals surface area contributed by atoms with E-state index in [2.05, 4.69) is 10.1 Å². The highest BCUT2D eigenvalue weighted by Crippen LogP contribution is 2.10. The summed E-state index contributed by atoms with van der Waals surface area (Å²) in [6, 6.07) is 12.0. The van der Waals surface area contributed by atoms with Gasteiger partial charge in [-0.25, -0.2) is 9.67 Å². The average Bonchev–Trinajstić information content (AvgIpc) is 3.02. The van der Waals surface area contributed by atoms with Crippen LogP contribution >= 0.6 is 0 Å². The van der Waals surface area contributed by atoms with E-state index in [1.54, 1.807) is 6.20 Å². The van der Waals surface area contributed by atoms with Gasteiger partial charge in [0.25, 0.3) is 0 Å². The standard InChI is InChI=1S/C13H11N3O/c1-2-4-12(5-3-1)16-7-6-11(15-16)8-13-9-14-10-17-13/h1-7,9-10H,8H2. The Labute approximate surface area is 98.5 Å². The first-order valence-corrected chi connectivity index (χ1v) is 5.39. The van der Waals surface area contributed by atoms with Gasteiger partial charge in [-0.1, -0.05) is 18.2 Å². The minimum Gasteiger partial charge on any atom is -0.448 e. The monoisotopic (exact) mass is 225 g/mol. The van der Waals surface area contributed by atoms with Gasteiger partial charge in [-0.2, -0.15) is 5.10 Å². The second-order valence-corrected chi connectivity index (χ2v) is 3.73. The van der Waals surface area contributed by atoms with E-state index in [0.717, 1.165) is 17.1 Å². The van der Waals surface area contributed by atoms with Gasteiger partial charge in [-0.3, -0.25) is 0 Å². The zero-order valence-corrected chi connectivity index (χ0v) is 9.15. The lowest BCUT2D eigenvalue weighted by atomic mass is 10.3. The number of aromatic nitrogens is 3. The number of hydrogen-bond acceptors (Lipinski definition) is 3. The molecule has 0 atom stereocenters. The lowest BCUT2D eigenvalue weighted by Gasteiger charge is -1.99. The van der Waals surface area contributed by atoms with E-state index in [-0.39, 0.29) is 0 Å². The lowest BCUT2D eigenvalue weighted by molar-refractivity contribution is 0.512. The van der Waals surface area contributed by atoms with Crippen LogP contribution in [0.5, 0.6) is 0 Å². The van der Waals surface area contributed by atoms with Gasteiger partial charge in [0.15, 0.2) is 6.39 Å². The van der Waals surface area contributed by atoms with Gasteiger partial charge >= 0.3 is 0 Å². The molecule has 0 N–H and O–H groups in total. The molecule has 4 heteroatoms. The van der Waals surface area contributed by atoms with Crippen LogP contribution in [0.3, 0.4) is 0 Å². The van der Waals surface area contributed by atoms with Crippen LogP contribution in [-0.2, 0) is 6.42 Å². The van der Waals surface area contributed by atoms with Crippen LogP contribution in [0.4, 0.5) is 0 Å². The SMILES string of the molecule is c1ccc(-n2ccc(Cc3cnco3)n2)cc1. The summed E-state index contributed by atoms with van der Waals surface area (Å²) in [5.74, 6) is 0.823. The van der Waals surface area contributed by atoms with Crippen LogP contribution < -0.4 is 0 Å². The first-order valence-electron chi connectivity index (χ1n) is 5.39. The lowest BCUT2D eigenvalue weighted by Crippen LogP contribution is -1.95. The van der Waals surface area contributed by atoms with E-state index in [4.69, 9.17) is 4.42 Å². The molecule has 2 heterocycles. The van der Waals surface area contributed by atoms with Gasteiger partial charge in [0, 0.05) is 6.20 Å². The Bertz CT molecular complexity index is 584. The number of nitrogens with zero attached hydrogens (tertiary/aromatic N) is 3. The van der Waals surface area contributed by atoms with Crippen LogP contribution in [-0.4, -0.2) is 14.8 Å². The van der Waals surface area contributed by atoms with Crippen LogP contribution in [0.25, 0.3) is 5.69 Å². The van der Waals surface area contributed by atoms with Gasteiger partial charge in [-0.15, -0.1) is 0 Å². The largest absolute Gasteiger partial charge is 0.448 e. The fourth-order valence-electron chi connectivity index (χ4n) is 1.69. The molecule has 2 aromatic heterocycles. The van der Waals surface area contributed by atoms with E-state index < -0.39 is 0 Å². The van der Waals surface area contributed by atoms with Crippen molar-refractivity contribution in [1.29, 1.82) is 0 Å². The summed E-state index contributed by atoms with van der Waals surface area (Å²) in [5, 5.41) is 4.48. The summed E-state index contributed by atoms with van der Waals surface area (Å²) < 4.78 is 7.04. The second kappa shape index (κ2) is 4.25. The Morgan fingerprint density at radius 1 is 1.12 bits per heavy atom. The molecule has 84 valence electrons. The summed E-state index contributed by atoms with van der Waals surface area (Å²) in [7, 11) is 0. The first kappa shape index (κ1) is 9.84. The fourth-order valence-corrected chi connectivity index (χ4v) is 1.69. The fraction of sp³-hybridized carbons (Fsp3) is 0.0769. The maximum absolute atomic E-state index is 5.19. The Balaban J connectivity index is 1.84. The highest BCUT2D eigenvalue weighted by atomic mass is 16.3. The molecule has 0 bridgehead atoms. The second-order valence-electron chi connectivity index (χ2n) is 3.73. The van der Waals surface area contributed by atoms with Crippen molar-refractivity contribution in [3.63, 3.8) is 0 Å². The molecule has 0 fully saturated rings. The first-order chi connectivity index (χ1) is 8.42. The Morgan fingerprint density at radius 3 is 2.76 bits per heavy atom. The molecule has 3 aromatic rings. The minimum absolute atomic E-state index is 0.667. The van der Waals surface area contributed by atoms with Crippen molar-refractivity contribution in [3.05, 3.63) is 66.6 Å². The van der Waals surface area contributed by atoms with Crippen molar-refractivity contribution in [2.45, 2.75) is 6.42 Å². The summed E-state index contributed by atoms with van der Waals surface area (Å²) in [6.45, 7) is 0. The third kappa shape index (κ3) is 2.10. The molecular formula is C13H11N3O. The van der Waals surface area contributed by atoms with Crippen molar-refractivity contribution < 1.29 is 4.42 Å². The quantitative estimate of drug-likeness (QED) is 0.687. The summed E-state index contributed by atoms with van der Waals surface area (Å²) in [6.07, 6.45) is 5.76. The number of benzene rings is 1. The third-order valence-electron chi connectivity index (χ3n) is 2.50. The Morgan fingerprint density at radius 2 is 2.00 bits per heavy atom. The van der Waals surface area contributed by atoms with Crippen LogP contribution in [0.1, 0.15) is 11.5 Å². The predicted octanol–water partition coefficient (Wildman–Crippen LogP) is 2.45. The van der Waals surface area contributed by atoms with Crippen LogP contribution in [0.2, 0.25) is 0 Å². The molecule has 17 heavy (non-hydrogen) atoms. The van der Waals surface area contributed by atoms with Crippen LogP contribution in [0.15, 0.2) is 59.6 Å². The van der Waals surface area contributed by atoms with Gasteiger partial charge in [-0.05, 0) is 18.2 Å². The number of oxazole rings is 1. The molecule has 0 spiro atoms. The summed E-state index contributed by atoms with van der Waals surface area (Å²) in [4.78, 5) is 3.88. The van der Waals surface area contributed by atoms with Crippen molar-refractivity contribution in [1.82, 2.24) is 14.8 Å². The Kier molecular flexibility index (Phi) is 2.46. The smallest absolute Gasteiger partial charge is 0.180 e. The molecule has 1 aromatic carbocycles. The minimum atomic E-state index is 0.667. The van der Waals surface area contributed by atoms with Gasteiger partial charge in [0.1, 0.15) is 5.76 Å². The van der Waals surface area contributed by atoms with Crippen molar-refractivity contribution >= 4 is 0 Å². The normalized spacial score (nSPS) is 10.6. The molecule has 0 amide bonds. The molecule has 0 saturated carbocycles. The number of para-hydroxylation sites is 1. The molecule has 4 nitrogen and oxygen atoms in total. The zero-order chi connectivity index (χ0) is 11.5. The zero-order valence-electron chi connectivity index (χ0n) is 9.15. The molecule has 0 aliphatic rings. The van der Waals surface area contributed by atoms with Crippen LogP contribution in [0, 0.1) is 0 Å². The van der Waals surface area contributed by atoms with E-state index in [1.807, 2.05) is 47.3 Å². The number of rotatable bonds is 3.